The Bertz CT molecular complexity index is 818. The van der Waals surface area contributed by atoms with Gasteiger partial charge in [0.15, 0.2) is 9.84 Å². The van der Waals surface area contributed by atoms with Gasteiger partial charge in [0.1, 0.15) is 5.75 Å². The maximum absolute atomic E-state index is 12.1. The Balaban J connectivity index is 1.97. The highest BCUT2D eigenvalue weighted by atomic mass is 32.2. The van der Waals surface area contributed by atoms with Gasteiger partial charge in [0, 0.05) is 12.6 Å². The van der Waals surface area contributed by atoms with Crippen molar-refractivity contribution < 1.29 is 26.4 Å². The number of nitrogens with one attached hydrogen (secondary N) is 1. The molecule has 140 valence electrons. The second-order valence-corrected chi connectivity index (χ2v) is 10.2. The van der Waals surface area contributed by atoms with Gasteiger partial charge in [0.2, 0.25) is 15.9 Å². The predicted molar refractivity (Wildman–Crippen MR) is 93.4 cm³/mol. The van der Waals surface area contributed by atoms with Crippen molar-refractivity contribution in [2.75, 3.05) is 31.4 Å². The Morgan fingerprint density at radius 2 is 1.96 bits per heavy atom. The Kier molecular flexibility index (Phi) is 6.07. The van der Waals surface area contributed by atoms with Crippen molar-refractivity contribution in [2.45, 2.75) is 19.0 Å². The highest BCUT2D eigenvalue weighted by Gasteiger charge is 2.37. The molecule has 8 nitrogen and oxygen atoms in total. The molecule has 0 aromatic heterocycles. The molecule has 0 bridgehead atoms. The summed E-state index contributed by atoms with van der Waals surface area (Å²) in [5.74, 6) is -0.0884. The summed E-state index contributed by atoms with van der Waals surface area (Å²) in [6.07, 6.45) is 1.19. The van der Waals surface area contributed by atoms with Crippen LogP contribution >= 0.6 is 0 Å². The molecule has 1 amide bonds. The van der Waals surface area contributed by atoms with Crippen LogP contribution in [0.15, 0.2) is 24.3 Å². The Morgan fingerprint density at radius 3 is 2.44 bits per heavy atom. The lowest BCUT2D eigenvalue weighted by Crippen LogP contribution is -2.46. The smallest absolute Gasteiger partial charge is 0.235 e. The molecular formula is C15H22N2O6S2. The number of benzene rings is 1. The minimum absolute atomic E-state index is 0.0584. The third-order valence-corrected chi connectivity index (χ3v) is 7.02. The van der Waals surface area contributed by atoms with Crippen LogP contribution in [-0.2, 0) is 31.2 Å². The van der Waals surface area contributed by atoms with E-state index >= 15 is 0 Å². The highest BCUT2D eigenvalue weighted by Crippen LogP contribution is 2.20. The second-order valence-electron chi connectivity index (χ2n) is 5.99. The molecule has 1 aliphatic rings. The van der Waals surface area contributed by atoms with E-state index in [9.17, 15) is 21.6 Å². The van der Waals surface area contributed by atoms with E-state index in [1.807, 2.05) is 0 Å². The molecule has 0 spiro atoms. The summed E-state index contributed by atoms with van der Waals surface area (Å²) in [5.41, 5.74) is 0.837. The number of hydrogen-bond acceptors (Lipinski definition) is 6. The Hall–Kier alpha value is -1.65. The van der Waals surface area contributed by atoms with Crippen LogP contribution in [0.1, 0.15) is 12.0 Å². The first-order valence-electron chi connectivity index (χ1n) is 7.67. The minimum Gasteiger partial charge on any atom is -0.497 e. The Morgan fingerprint density at radius 1 is 1.32 bits per heavy atom. The van der Waals surface area contributed by atoms with Crippen molar-refractivity contribution in [1.82, 2.24) is 9.62 Å². The molecule has 1 fully saturated rings. The molecule has 1 unspecified atom stereocenters. The summed E-state index contributed by atoms with van der Waals surface area (Å²) < 4.78 is 53.1. The average molecular weight is 390 g/mol. The molecule has 10 heteroatoms. The topological polar surface area (TPSA) is 110 Å². The minimum atomic E-state index is -3.69. The fraction of sp³-hybridized carbons (Fsp3) is 0.533. The molecule has 25 heavy (non-hydrogen) atoms. The van der Waals surface area contributed by atoms with Crippen LogP contribution in [0.3, 0.4) is 0 Å². The van der Waals surface area contributed by atoms with E-state index in [0.717, 1.165) is 16.1 Å². The van der Waals surface area contributed by atoms with Gasteiger partial charge in [-0.05, 0) is 24.1 Å². The SMILES string of the molecule is COc1ccc(CNC(=O)CN(C2CCS(=O)(=O)C2)S(C)(=O)=O)cc1. The molecular weight excluding hydrogens is 368 g/mol. The number of carbonyl (C=O) groups is 1. The highest BCUT2D eigenvalue weighted by molar-refractivity contribution is 7.92. The molecule has 1 N–H and O–H groups in total. The number of nitrogens with zero attached hydrogens (tertiary/aromatic N) is 1. The van der Waals surface area contributed by atoms with Crippen molar-refractivity contribution in [1.29, 1.82) is 0 Å². The standard InChI is InChI=1S/C15H22N2O6S2/c1-23-14-5-3-12(4-6-14)9-16-15(18)10-17(24(2,19)20)13-7-8-25(21,22)11-13/h3-6,13H,7-11H2,1-2H3,(H,16,18). The fourth-order valence-corrected chi connectivity index (χ4v) is 5.56. The number of rotatable bonds is 7. The predicted octanol–water partition coefficient (Wildman–Crippen LogP) is -0.240. The zero-order valence-corrected chi connectivity index (χ0v) is 15.8. The lowest BCUT2D eigenvalue weighted by molar-refractivity contribution is -0.121. The van der Waals surface area contributed by atoms with Crippen molar-refractivity contribution in [3.63, 3.8) is 0 Å². The maximum atomic E-state index is 12.1. The fourth-order valence-electron chi connectivity index (χ4n) is 2.66. The van der Waals surface area contributed by atoms with E-state index in [1.54, 1.807) is 31.4 Å². The normalized spacial score (nSPS) is 19.7. The van der Waals surface area contributed by atoms with Crippen molar-refractivity contribution in [3.05, 3.63) is 29.8 Å². The number of amides is 1. The summed E-state index contributed by atoms with van der Waals surface area (Å²) in [7, 11) is -5.39. The first kappa shape index (κ1) is 19.7. The molecule has 1 heterocycles. The number of ether oxygens (including phenoxy) is 1. The van der Waals surface area contributed by atoms with Gasteiger partial charge < -0.3 is 10.1 Å². The molecule has 1 aromatic rings. The van der Waals surface area contributed by atoms with Crippen LogP contribution in [0.5, 0.6) is 5.75 Å². The van der Waals surface area contributed by atoms with Gasteiger partial charge in [-0.2, -0.15) is 4.31 Å². The Labute approximate surface area is 148 Å². The number of carbonyl (C=O) groups excluding carboxylic acids is 1. The molecule has 1 saturated heterocycles. The molecule has 1 aromatic carbocycles. The van der Waals surface area contributed by atoms with Gasteiger partial charge >= 0.3 is 0 Å². The van der Waals surface area contributed by atoms with Crippen LogP contribution in [0.25, 0.3) is 0 Å². The number of hydrogen-bond donors (Lipinski definition) is 1. The largest absolute Gasteiger partial charge is 0.497 e. The quantitative estimate of drug-likeness (QED) is 0.688. The number of methoxy groups -OCH3 is 1. The molecule has 1 atom stereocenters. The van der Waals surface area contributed by atoms with E-state index in [1.165, 1.54) is 0 Å². The summed E-state index contributed by atoms with van der Waals surface area (Å²) in [5, 5.41) is 2.65. The van der Waals surface area contributed by atoms with E-state index in [2.05, 4.69) is 5.32 Å². The maximum Gasteiger partial charge on any atom is 0.235 e. The van der Waals surface area contributed by atoms with Gasteiger partial charge in [-0.1, -0.05) is 12.1 Å². The molecule has 1 aliphatic heterocycles. The van der Waals surface area contributed by atoms with Crippen molar-refractivity contribution in [2.24, 2.45) is 0 Å². The lowest BCUT2D eigenvalue weighted by Gasteiger charge is -2.24. The van der Waals surface area contributed by atoms with Gasteiger partial charge in [-0.15, -0.1) is 0 Å². The van der Waals surface area contributed by atoms with Crippen LogP contribution < -0.4 is 10.1 Å². The van der Waals surface area contributed by atoms with E-state index in [-0.39, 0.29) is 24.5 Å². The summed E-state index contributed by atoms with van der Waals surface area (Å²) in [6, 6.07) is 6.40. The second kappa shape index (κ2) is 7.71. The average Bonchev–Trinajstić information content (AvgIpc) is 2.89. The zero-order valence-electron chi connectivity index (χ0n) is 14.1. The zero-order chi connectivity index (χ0) is 18.7. The number of sulfonamides is 1. The summed E-state index contributed by atoms with van der Waals surface area (Å²) >= 11 is 0. The van der Waals surface area contributed by atoms with E-state index < -0.39 is 38.4 Å². The third kappa shape index (κ3) is 5.68. The third-order valence-electron chi connectivity index (χ3n) is 3.99. The van der Waals surface area contributed by atoms with E-state index in [4.69, 9.17) is 4.74 Å². The summed E-state index contributed by atoms with van der Waals surface area (Å²) in [4.78, 5) is 12.1. The lowest BCUT2D eigenvalue weighted by atomic mass is 10.2. The van der Waals surface area contributed by atoms with Gasteiger partial charge in [0.25, 0.3) is 0 Å². The van der Waals surface area contributed by atoms with Gasteiger partial charge in [0.05, 0.1) is 31.4 Å². The van der Waals surface area contributed by atoms with Crippen molar-refractivity contribution >= 4 is 25.8 Å². The molecule has 0 aliphatic carbocycles. The van der Waals surface area contributed by atoms with Gasteiger partial charge in [-0.25, -0.2) is 16.8 Å². The first-order valence-corrected chi connectivity index (χ1v) is 11.3. The first-order chi connectivity index (χ1) is 11.6. The van der Waals surface area contributed by atoms with Crippen LogP contribution in [0.4, 0.5) is 0 Å². The number of sulfone groups is 1. The molecule has 0 saturated carbocycles. The van der Waals surface area contributed by atoms with Crippen LogP contribution in [0.2, 0.25) is 0 Å². The van der Waals surface area contributed by atoms with Crippen LogP contribution in [-0.4, -0.2) is 64.5 Å². The van der Waals surface area contributed by atoms with Crippen molar-refractivity contribution in [3.8, 4) is 5.75 Å². The summed E-state index contributed by atoms with van der Waals surface area (Å²) in [6.45, 7) is -0.154. The van der Waals surface area contributed by atoms with E-state index in [0.29, 0.717) is 5.75 Å². The monoisotopic (exact) mass is 390 g/mol. The van der Waals surface area contributed by atoms with Crippen LogP contribution in [0, 0.1) is 0 Å². The van der Waals surface area contributed by atoms with Gasteiger partial charge in [-0.3, -0.25) is 4.79 Å². The molecule has 2 rings (SSSR count). The molecule has 0 radical (unpaired) electrons.